The fraction of sp³-hybridized carbons (Fsp3) is 0.316. The molecule has 0 spiro atoms. The van der Waals surface area contributed by atoms with Crippen molar-refractivity contribution < 1.29 is 9.53 Å². The molecule has 0 heterocycles. The quantitative estimate of drug-likeness (QED) is 0.764. The van der Waals surface area contributed by atoms with Crippen molar-refractivity contribution in [3.63, 3.8) is 0 Å². The van der Waals surface area contributed by atoms with Crippen molar-refractivity contribution in [2.24, 2.45) is 0 Å². The molecule has 0 atom stereocenters. The van der Waals surface area contributed by atoms with Crippen LogP contribution < -0.4 is 15.4 Å². The number of nitrogens with one attached hydrogen (secondary N) is 2. The van der Waals surface area contributed by atoms with Gasteiger partial charge in [0.1, 0.15) is 5.75 Å². The Labute approximate surface area is 137 Å². The summed E-state index contributed by atoms with van der Waals surface area (Å²) in [6, 6.07) is 15.8. The van der Waals surface area contributed by atoms with Crippen LogP contribution >= 0.6 is 0 Å². The smallest absolute Gasteiger partial charge is 0.317 e. The first-order chi connectivity index (χ1) is 11.2. The summed E-state index contributed by atoms with van der Waals surface area (Å²) in [6.45, 7) is 4.84. The molecule has 2 N–H and O–H groups in total. The number of urea groups is 1. The minimum Gasteiger partial charge on any atom is -0.473 e. The van der Waals surface area contributed by atoms with Gasteiger partial charge < -0.3 is 15.4 Å². The zero-order valence-corrected chi connectivity index (χ0v) is 13.8. The highest BCUT2D eigenvalue weighted by atomic mass is 16.5. The van der Waals surface area contributed by atoms with Crippen molar-refractivity contribution in [3.05, 3.63) is 65.2 Å². The highest BCUT2D eigenvalue weighted by molar-refractivity contribution is 5.73. The SMILES string of the molecule is CCCc1ccc(OCNC(=O)NCc2ccc(C)cc2)cc1. The van der Waals surface area contributed by atoms with Crippen LogP contribution in [0.25, 0.3) is 0 Å². The van der Waals surface area contributed by atoms with Crippen LogP contribution in [0.4, 0.5) is 4.79 Å². The number of rotatable bonds is 7. The van der Waals surface area contributed by atoms with Gasteiger partial charge in [0.05, 0.1) is 0 Å². The predicted octanol–water partition coefficient (Wildman–Crippen LogP) is 3.78. The number of benzene rings is 2. The van der Waals surface area contributed by atoms with Gasteiger partial charge in [-0.05, 0) is 36.6 Å². The van der Waals surface area contributed by atoms with Crippen LogP contribution in [0.5, 0.6) is 5.75 Å². The summed E-state index contributed by atoms with van der Waals surface area (Å²) >= 11 is 0. The maximum atomic E-state index is 11.7. The van der Waals surface area contributed by atoms with Crippen LogP contribution in [0.2, 0.25) is 0 Å². The van der Waals surface area contributed by atoms with Crippen molar-refractivity contribution in [2.45, 2.75) is 33.2 Å². The van der Waals surface area contributed by atoms with Gasteiger partial charge in [0.25, 0.3) is 0 Å². The van der Waals surface area contributed by atoms with Crippen LogP contribution in [0.15, 0.2) is 48.5 Å². The first kappa shape index (κ1) is 16.9. The van der Waals surface area contributed by atoms with E-state index in [1.807, 2.05) is 43.3 Å². The van der Waals surface area contributed by atoms with Crippen molar-refractivity contribution in [1.29, 1.82) is 0 Å². The van der Waals surface area contributed by atoms with E-state index < -0.39 is 0 Å². The van der Waals surface area contributed by atoms with Gasteiger partial charge in [0.2, 0.25) is 0 Å². The van der Waals surface area contributed by atoms with Crippen LogP contribution in [-0.2, 0) is 13.0 Å². The predicted molar refractivity (Wildman–Crippen MR) is 92.5 cm³/mol. The summed E-state index contributed by atoms with van der Waals surface area (Å²) in [5, 5.41) is 5.48. The van der Waals surface area contributed by atoms with Gasteiger partial charge in [-0.15, -0.1) is 0 Å². The molecule has 0 saturated carbocycles. The van der Waals surface area contributed by atoms with E-state index in [4.69, 9.17) is 4.74 Å². The van der Waals surface area contributed by atoms with E-state index in [9.17, 15) is 4.79 Å². The van der Waals surface area contributed by atoms with Gasteiger partial charge in [-0.3, -0.25) is 0 Å². The Balaban J connectivity index is 1.67. The van der Waals surface area contributed by atoms with Gasteiger partial charge in [-0.1, -0.05) is 55.3 Å². The fourth-order valence-electron chi connectivity index (χ4n) is 2.18. The van der Waals surface area contributed by atoms with E-state index >= 15 is 0 Å². The van der Waals surface area contributed by atoms with E-state index in [1.54, 1.807) is 0 Å². The first-order valence-corrected chi connectivity index (χ1v) is 7.96. The monoisotopic (exact) mass is 312 g/mol. The summed E-state index contributed by atoms with van der Waals surface area (Å²) in [5.74, 6) is 0.753. The normalized spacial score (nSPS) is 10.2. The minimum atomic E-state index is -0.242. The number of carbonyl (C=O) groups excluding carboxylic acids is 1. The largest absolute Gasteiger partial charge is 0.473 e. The van der Waals surface area contributed by atoms with E-state index in [0.717, 1.165) is 24.2 Å². The number of aryl methyl sites for hydroxylation is 2. The van der Waals surface area contributed by atoms with Crippen molar-refractivity contribution in [1.82, 2.24) is 10.6 Å². The molecule has 0 unspecified atom stereocenters. The molecule has 23 heavy (non-hydrogen) atoms. The molecule has 0 aliphatic heterocycles. The average molecular weight is 312 g/mol. The summed E-state index contributed by atoms with van der Waals surface area (Å²) in [4.78, 5) is 11.7. The molecule has 2 aromatic carbocycles. The molecule has 0 bridgehead atoms. The number of amides is 2. The highest BCUT2D eigenvalue weighted by Crippen LogP contribution is 2.12. The Kier molecular flexibility index (Phi) is 6.48. The lowest BCUT2D eigenvalue weighted by Crippen LogP contribution is -2.37. The molecule has 2 aromatic rings. The Morgan fingerprint density at radius 3 is 2.26 bits per heavy atom. The average Bonchev–Trinajstić information content (AvgIpc) is 2.56. The molecule has 0 fully saturated rings. The molecule has 0 radical (unpaired) electrons. The lowest BCUT2D eigenvalue weighted by molar-refractivity contribution is 0.223. The number of ether oxygens (including phenoxy) is 1. The molecule has 0 aromatic heterocycles. The number of hydrogen-bond donors (Lipinski definition) is 2. The topological polar surface area (TPSA) is 50.4 Å². The van der Waals surface area contributed by atoms with Gasteiger partial charge in [-0.25, -0.2) is 4.79 Å². The molecule has 0 aliphatic rings. The zero-order valence-electron chi connectivity index (χ0n) is 13.8. The van der Waals surface area contributed by atoms with Crippen molar-refractivity contribution >= 4 is 6.03 Å². The second-order valence-electron chi connectivity index (χ2n) is 5.53. The minimum absolute atomic E-state index is 0.146. The van der Waals surface area contributed by atoms with Crippen molar-refractivity contribution in [3.8, 4) is 5.75 Å². The lowest BCUT2D eigenvalue weighted by atomic mass is 10.1. The Bertz CT molecular complexity index is 606. The molecule has 2 amide bonds. The van der Waals surface area contributed by atoms with E-state index in [0.29, 0.717) is 6.54 Å². The third kappa shape index (κ3) is 6.02. The van der Waals surface area contributed by atoms with E-state index in [2.05, 4.69) is 29.7 Å². The molecule has 4 nitrogen and oxygen atoms in total. The van der Waals surface area contributed by atoms with Gasteiger partial charge in [-0.2, -0.15) is 0 Å². The Hall–Kier alpha value is -2.49. The molecule has 2 rings (SSSR count). The molecule has 0 aliphatic carbocycles. The summed E-state index contributed by atoms with van der Waals surface area (Å²) < 4.78 is 5.51. The zero-order chi connectivity index (χ0) is 16.5. The molecular formula is C19H24N2O2. The third-order valence-electron chi connectivity index (χ3n) is 3.51. The van der Waals surface area contributed by atoms with Gasteiger partial charge >= 0.3 is 6.03 Å². The highest BCUT2D eigenvalue weighted by Gasteiger charge is 2.01. The molecule has 0 saturated heterocycles. The third-order valence-corrected chi connectivity index (χ3v) is 3.51. The fourth-order valence-corrected chi connectivity index (χ4v) is 2.18. The lowest BCUT2D eigenvalue weighted by Gasteiger charge is -2.10. The number of hydrogen-bond acceptors (Lipinski definition) is 2. The Morgan fingerprint density at radius 1 is 0.957 bits per heavy atom. The van der Waals surface area contributed by atoms with Crippen LogP contribution in [0.3, 0.4) is 0 Å². The Morgan fingerprint density at radius 2 is 1.61 bits per heavy atom. The second-order valence-corrected chi connectivity index (χ2v) is 5.53. The molecule has 4 heteroatoms. The maximum absolute atomic E-state index is 11.7. The number of carbonyl (C=O) groups is 1. The van der Waals surface area contributed by atoms with Crippen LogP contribution in [0, 0.1) is 6.92 Å². The van der Waals surface area contributed by atoms with E-state index in [1.165, 1.54) is 11.1 Å². The molecule has 122 valence electrons. The summed E-state index contributed by atoms with van der Waals surface area (Å²) in [6.07, 6.45) is 2.20. The summed E-state index contributed by atoms with van der Waals surface area (Å²) in [5.41, 5.74) is 3.57. The van der Waals surface area contributed by atoms with Crippen LogP contribution in [-0.4, -0.2) is 12.8 Å². The van der Waals surface area contributed by atoms with Gasteiger partial charge in [0, 0.05) is 6.54 Å². The van der Waals surface area contributed by atoms with Gasteiger partial charge in [0.15, 0.2) is 6.73 Å². The molecular weight excluding hydrogens is 288 g/mol. The van der Waals surface area contributed by atoms with Crippen LogP contribution in [0.1, 0.15) is 30.0 Å². The summed E-state index contributed by atoms with van der Waals surface area (Å²) in [7, 11) is 0. The van der Waals surface area contributed by atoms with E-state index in [-0.39, 0.29) is 12.8 Å². The van der Waals surface area contributed by atoms with Crippen molar-refractivity contribution in [2.75, 3.05) is 6.73 Å². The maximum Gasteiger partial charge on any atom is 0.317 e. The first-order valence-electron chi connectivity index (χ1n) is 7.96. The standard InChI is InChI=1S/C19H24N2O2/c1-3-4-16-9-11-18(12-10-16)23-14-21-19(22)20-13-17-7-5-15(2)6-8-17/h5-12H,3-4,13-14H2,1-2H3,(H2,20,21,22). The second kappa shape index (κ2) is 8.83.